The summed E-state index contributed by atoms with van der Waals surface area (Å²) in [7, 11) is 0. The van der Waals surface area contributed by atoms with Crippen LogP contribution in [0.5, 0.6) is 0 Å². The third-order valence-corrected chi connectivity index (χ3v) is 12.8. The molecule has 0 aliphatic heterocycles. The van der Waals surface area contributed by atoms with Crippen LogP contribution in [-0.4, -0.2) is 15.0 Å². The van der Waals surface area contributed by atoms with Gasteiger partial charge in [0.05, 0.1) is 28.9 Å². The Morgan fingerprint density at radius 3 is 1.51 bits per heavy atom. The number of aromatic nitrogens is 3. The first-order valence-electron chi connectivity index (χ1n) is 20.2. The van der Waals surface area contributed by atoms with Gasteiger partial charge in [-0.2, -0.15) is 0 Å². The van der Waals surface area contributed by atoms with Gasteiger partial charge in [0.15, 0.2) is 5.82 Å². The number of anilines is 6. The molecule has 0 N–H and O–H groups in total. The highest BCUT2D eigenvalue weighted by molar-refractivity contribution is 7.25. The smallest absolute Gasteiger partial charge is 0.157 e. The van der Waals surface area contributed by atoms with Gasteiger partial charge in [-0.25, -0.2) is 15.0 Å². The van der Waals surface area contributed by atoms with Crippen molar-refractivity contribution in [2.24, 2.45) is 0 Å². The molecule has 0 aliphatic carbocycles. The molecule has 0 fully saturated rings. The molecule has 0 saturated heterocycles. The lowest BCUT2D eigenvalue weighted by molar-refractivity contribution is 0.668. The lowest BCUT2D eigenvalue weighted by Gasteiger charge is -2.25. The predicted octanol–water partition coefficient (Wildman–Crippen LogP) is 15.3. The number of furan rings is 2. The van der Waals surface area contributed by atoms with Crippen molar-refractivity contribution in [3.8, 4) is 0 Å². The summed E-state index contributed by atoms with van der Waals surface area (Å²) in [6, 6.07) is 61.0. The molecule has 0 atom stereocenters. The van der Waals surface area contributed by atoms with E-state index in [1.165, 1.54) is 0 Å². The van der Waals surface area contributed by atoms with Gasteiger partial charge < -0.3 is 8.83 Å². The molecule has 0 saturated carbocycles. The third kappa shape index (κ3) is 5.32. The van der Waals surface area contributed by atoms with Crippen molar-refractivity contribution in [3.05, 3.63) is 188 Å². The Kier molecular flexibility index (Phi) is 7.34. The minimum Gasteiger partial charge on any atom is -0.456 e. The second-order valence-electron chi connectivity index (χ2n) is 15.2. The molecule has 13 aromatic rings. The zero-order chi connectivity index (χ0) is 40.0. The van der Waals surface area contributed by atoms with Gasteiger partial charge >= 0.3 is 0 Å². The third-order valence-electron chi connectivity index (χ3n) is 11.8. The average Bonchev–Trinajstić information content (AvgIpc) is 3.99. The zero-order valence-electron chi connectivity index (χ0n) is 32.4. The number of fused-ring (bicyclic) bond motifs is 11. The number of rotatable bonds is 6. The molecule has 0 amide bonds. The van der Waals surface area contributed by atoms with E-state index >= 15 is 0 Å². The lowest BCUT2D eigenvalue weighted by atomic mass is 10.1. The second kappa shape index (κ2) is 13.2. The number of pyridine rings is 1. The summed E-state index contributed by atoms with van der Waals surface area (Å²) in [5, 5.41) is 9.80. The van der Waals surface area contributed by atoms with Gasteiger partial charge in [-0.1, -0.05) is 109 Å². The molecule has 0 unspecified atom stereocenters. The van der Waals surface area contributed by atoms with Gasteiger partial charge in [-0.05, 0) is 65.4 Å². The van der Waals surface area contributed by atoms with Crippen LogP contribution in [0.4, 0.5) is 34.4 Å². The van der Waals surface area contributed by atoms with Crippen LogP contribution in [0.2, 0.25) is 0 Å². The Balaban J connectivity index is 0.981. The summed E-state index contributed by atoms with van der Waals surface area (Å²) >= 11 is 1.62. The number of para-hydroxylation sites is 2. The zero-order valence-corrected chi connectivity index (χ0v) is 33.2. The average molecular weight is 802 g/mol. The Morgan fingerprint density at radius 2 is 0.902 bits per heavy atom. The molecule has 61 heavy (non-hydrogen) atoms. The molecule has 5 heterocycles. The topological polar surface area (TPSA) is 71.4 Å². The maximum absolute atomic E-state index is 6.39. The fraction of sp³-hybridized carbons (Fsp3) is 0. The first-order chi connectivity index (χ1) is 30.2. The maximum Gasteiger partial charge on any atom is 0.157 e. The molecule has 13 rings (SSSR count). The molecule has 0 radical (unpaired) electrons. The molecule has 7 nitrogen and oxygen atoms in total. The van der Waals surface area contributed by atoms with Gasteiger partial charge in [0.25, 0.3) is 0 Å². The van der Waals surface area contributed by atoms with Crippen LogP contribution in [-0.2, 0) is 0 Å². The van der Waals surface area contributed by atoms with Gasteiger partial charge in [0.1, 0.15) is 38.5 Å². The second-order valence-corrected chi connectivity index (χ2v) is 16.3. The first kappa shape index (κ1) is 33.9. The van der Waals surface area contributed by atoms with Crippen molar-refractivity contribution in [2.75, 3.05) is 9.80 Å². The van der Waals surface area contributed by atoms with Crippen LogP contribution < -0.4 is 9.80 Å². The normalized spacial score (nSPS) is 11.9. The number of hydrogen-bond acceptors (Lipinski definition) is 8. The van der Waals surface area contributed by atoms with Gasteiger partial charge in [-0.15, -0.1) is 11.3 Å². The minimum atomic E-state index is 0.704. The van der Waals surface area contributed by atoms with E-state index in [9.17, 15) is 0 Å². The largest absolute Gasteiger partial charge is 0.456 e. The highest BCUT2D eigenvalue weighted by Crippen LogP contribution is 2.45. The predicted molar refractivity (Wildman–Crippen MR) is 252 cm³/mol. The van der Waals surface area contributed by atoms with E-state index in [4.69, 9.17) is 23.8 Å². The minimum absolute atomic E-state index is 0.704. The summed E-state index contributed by atoms with van der Waals surface area (Å²) in [5.74, 6) is 1.48. The Hall–Kier alpha value is -8.07. The van der Waals surface area contributed by atoms with Gasteiger partial charge in [0, 0.05) is 60.7 Å². The molecule has 0 bridgehead atoms. The summed E-state index contributed by atoms with van der Waals surface area (Å²) < 4.78 is 13.8. The highest BCUT2D eigenvalue weighted by atomic mass is 32.1. The highest BCUT2D eigenvalue weighted by Gasteiger charge is 2.23. The molecule has 5 aromatic heterocycles. The maximum atomic E-state index is 6.39. The van der Waals surface area contributed by atoms with E-state index in [0.29, 0.717) is 5.82 Å². The number of benzene rings is 8. The molecule has 8 aromatic carbocycles. The Labute approximate surface area is 352 Å². The first-order valence-corrected chi connectivity index (χ1v) is 21.0. The van der Waals surface area contributed by atoms with Gasteiger partial charge in [0.2, 0.25) is 0 Å². The molecular formula is C53H31N5O2S. The molecular weight excluding hydrogens is 771 g/mol. The van der Waals surface area contributed by atoms with E-state index < -0.39 is 0 Å². The molecule has 0 spiro atoms. The van der Waals surface area contributed by atoms with Crippen LogP contribution in [0.25, 0.3) is 85.9 Å². The summed E-state index contributed by atoms with van der Waals surface area (Å²) in [6.45, 7) is 0. The van der Waals surface area contributed by atoms with E-state index in [-0.39, 0.29) is 0 Å². The van der Waals surface area contributed by atoms with Crippen LogP contribution in [0.1, 0.15) is 0 Å². The van der Waals surface area contributed by atoms with Crippen molar-refractivity contribution >= 4 is 132 Å². The SMILES string of the molecule is c1ccc2c(N(c3ccc4c(c3)oc3ccccc34)c3cc4sc5nc(N(c6ccc7c(c6)oc6ccccc67)c6cccc7ccccc67)cnc5c4cn3)cccc2c1. The summed E-state index contributed by atoms with van der Waals surface area (Å²) in [6.07, 6.45) is 3.81. The van der Waals surface area contributed by atoms with Crippen molar-refractivity contribution in [1.29, 1.82) is 0 Å². The molecule has 8 heteroatoms. The van der Waals surface area contributed by atoms with Crippen molar-refractivity contribution in [3.63, 3.8) is 0 Å². The summed E-state index contributed by atoms with van der Waals surface area (Å²) in [5.41, 5.74) is 8.07. The number of nitrogens with zero attached hydrogens (tertiary/aromatic N) is 5. The van der Waals surface area contributed by atoms with Gasteiger partial charge in [-0.3, -0.25) is 9.80 Å². The van der Waals surface area contributed by atoms with E-state index in [1.807, 2.05) is 48.8 Å². The fourth-order valence-electron chi connectivity index (χ4n) is 8.95. The monoisotopic (exact) mass is 801 g/mol. The Bertz CT molecular complexity index is 3620. The van der Waals surface area contributed by atoms with Crippen molar-refractivity contribution < 1.29 is 8.83 Å². The van der Waals surface area contributed by atoms with Crippen molar-refractivity contribution in [1.82, 2.24) is 15.0 Å². The standard InChI is InChI=1S/C53H31N5O2S/c1-3-15-36-32(11-1)13-9-19-43(36)57(34-23-25-40-38-17-5-7-21-45(38)59-47(40)27-34)50-29-49-42(30-54-50)52-53(61-49)56-51(31-55-52)58(44-20-10-14-33-12-2-4-16-37(33)44)35-24-26-41-39-18-6-8-22-46(39)60-48(41)28-35/h1-31H. The fourth-order valence-corrected chi connectivity index (χ4v) is 9.98. The number of hydrogen-bond donors (Lipinski definition) is 0. The Morgan fingerprint density at radius 1 is 0.393 bits per heavy atom. The summed E-state index contributed by atoms with van der Waals surface area (Å²) in [4.78, 5) is 20.9. The molecule has 286 valence electrons. The van der Waals surface area contributed by atoms with Crippen LogP contribution in [0, 0.1) is 0 Å². The van der Waals surface area contributed by atoms with E-state index in [2.05, 4.69) is 149 Å². The van der Waals surface area contributed by atoms with Crippen molar-refractivity contribution in [2.45, 2.75) is 0 Å². The van der Waals surface area contributed by atoms with Crippen LogP contribution in [0.3, 0.4) is 0 Å². The quantitative estimate of drug-likeness (QED) is 0.166. The van der Waals surface area contributed by atoms with E-state index in [1.54, 1.807) is 11.3 Å². The van der Waals surface area contributed by atoms with Crippen LogP contribution in [0.15, 0.2) is 197 Å². The number of thiophene rings is 1. The molecule has 0 aliphatic rings. The van der Waals surface area contributed by atoms with Crippen LogP contribution >= 0.6 is 11.3 Å². The lowest BCUT2D eigenvalue weighted by Crippen LogP contribution is -2.12. The van der Waals surface area contributed by atoms with E-state index in [0.717, 1.165) is 114 Å².